The average Bonchev–Trinajstić information content (AvgIpc) is 2.36. The zero-order valence-electron chi connectivity index (χ0n) is 11.2. The van der Waals surface area contributed by atoms with Crippen molar-refractivity contribution in [3.63, 3.8) is 0 Å². The molecule has 0 amide bonds. The van der Waals surface area contributed by atoms with Gasteiger partial charge in [0.2, 0.25) is 0 Å². The van der Waals surface area contributed by atoms with Crippen molar-refractivity contribution in [1.29, 1.82) is 0 Å². The largest absolute Gasteiger partial charge is 0.478 e. The molecule has 0 saturated carbocycles. The van der Waals surface area contributed by atoms with E-state index < -0.39 is 5.97 Å². The topological polar surface area (TPSA) is 65.5 Å². The molecule has 0 aliphatic carbocycles. The van der Waals surface area contributed by atoms with Gasteiger partial charge < -0.3 is 15.3 Å². The van der Waals surface area contributed by atoms with Gasteiger partial charge in [-0.15, -0.1) is 0 Å². The van der Waals surface area contributed by atoms with Gasteiger partial charge in [0.05, 0.1) is 5.56 Å². The molecule has 1 aromatic rings. The molecule has 1 aromatic heterocycles. The quantitative estimate of drug-likeness (QED) is 0.775. The minimum absolute atomic E-state index is 0.206. The number of carboxylic acid groups (broad SMARTS) is 1. The first-order valence-corrected chi connectivity index (χ1v) is 6.25. The van der Waals surface area contributed by atoms with Gasteiger partial charge in [0, 0.05) is 18.8 Å². The summed E-state index contributed by atoms with van der Waals surface area (Å²) in [5.74, 6) is -0.245. The summed E-state index contributed by atoms with van der Waals surface area (Å²) >= 11 is 0. The van der Waals surface area contributed by atoms with Gasteiger partial charge in [-0.2, -0.15) is 0 Å². The fraction of sp³-hybridized carbons (Fsp3) is 0.538. The number of nitrogens with zero attached hydrogens (tertiary/aromatic N) is 2. The molecule has 1 rings (SSSR count). The molecule has 100 valence electrons. The summed E-state index contributed by atoms with van der Waals surface area (Å²) in [6, 6.07) is 3.53. The molecule has 5 heteroatoms. The molecule has 0 aliphatic heterocycles. The van der Waals surface area contributed by atoms with Crippen LogP contribution in [0.25, 0.3) is 0 Å². The Bertz CT molecular complexity index is 374. The van der Waals surface area contributed by atoms with E-state index in [9.17, 15) is 4.79 Å². The van der Waals surface area contributed by atoms with Crippen LogP contribution in [0.4, 0.5) is 5.82 Å². The molecule has 0 aromatic carbocycles. The molecule has 2 N–H and O–H groups in total. The highest BCUT2D eigenvalue weighted by Gasteiger charge is 2.08. The van der Waals surface area contributed by atoms with Gasteiger partial charge in [-0.3, -0.25) is 0 Å². The first-order valence-electron chi connectivity index (χ1n) is 6.25. The Labute approximate surface area is 108 Å². The highest BCUT2D eigenvalue weighted by molar-refractivity contribution is 5.87. The molecule has 1 unspecified atom stereocenters. The van der Waals surface area contributed by atoms with Crippen molar-refractivity contribution in [1.82, 2.24) is 9.88 Å². The Balaban J connectivity index is 2.53. The monoisotopic (exact) mass is 251 g/mol. The fourth-order valence-corrected chi connectivity index (χ4v) is 1.77. The Hall–Kier alpha value is -1.62. The summed E-state index contributed by atoms with van der Waals surface area (Å²) in [6.07, 6.45) is 1.37. The molecule has 1 atom stereocenters. The molecule has 18 heavy (non-hydrogen) atoms. The molecule has 0 bridgehead atoms. The normalized spacial score (nSPS) is 12.4. The SMILES string of the molecule is CCN(CC)CC(C)Nc1ccc(C(=O)O)cn1. The predicted molar refractivity (Wildman–Crippen MR) is 72.1 cm³/mol. The molecule has 0 fully saturated rings. The molecular formula is C13H21N3O2. The maximum Gasteiger partial charge on any atom is 0.337 e. The Morgan fingerprint density at radius 2 is 2.11 bits per heavy atom. The number of aromatic nitrogens is 1. The summed E-state index contributed by atoms with van der Waals surface area (Å²) in [5.41, 5.74) is 0.206. The van der Waals surface area contributed by atoms with Crippen LogP contribution in [0.5, 0.6) is 0 Å². The van der Waals surface area contributed by atoms with E-state index in [1.807, 2.05) is 0 Å². The summed E-state index contributed by atoms with van der Waals surface area (Å²) in [5, 5.41) is 12.0. The van der Waals surface area contributed by atoms with Crippen LogP contribution < -0.4 is 5.32 Å². The van der Waals surface area contributed by atoms with Gasteiger partial charge in [0.25, 0.3) is 0 Å². The van der Waals surface area contributed by atoms with Gasteiger partial charge in [0.15, 0.2) is 0 Å². The van der Waals surface area contributed by atoms with E-state index in [4.69, 9.17) is 5.11 Å². The number of aromatic carboxylic acids is 1. The second kappa shape index (κ2) is 6.96. The van der Waals surface area contributed by atoms with Crippen LogP contribution in [0.15, 0.2) is 18.3 Å². The zero-order valence-corrected chi connectivity index (χ0v) is 11.2. The van der Waals surface area contributed by atoms with Crippen molar-refractivity contribution in [2.75, 3.05) is 25.0 Å². The van der Waals surface area contributed by atoms with Gasteiger partial charge in [-0.1, -0.05) is 13.8 Å². The summed E-state index contributed by atoms with van der Waals surface area (Å²) in [4.78, 5) is 17.1. The molecule has 0 saturated heterocycles. The van der Waals surface area contributed by atoms with Crippen molar-refractivity contribution < 1.29 is 9.90 Å². The van der Waals surface area contributed by atoms with Crippen LogP contribution in [0.1, 0.15) is 31.1 Å². The fourth-order valence-electron chi connectivity index (χ4n) is 1.77. The number of hydrogen-bond acceptors (Lipinski definition) is 4. The summed E-state index contributed by atoms with van der Waals surface area (Å²) in [6.45, 7) is 9.34. The van der Waals surface area contributed by atoms with Crippen molar-refractivity contribution in [3.05, 3.63) is 23.9 Å². The van der Waals surface area contributed by atoms with E-state index in [0.29, 0.717) is 5.82 Å². The first kappa shape index (κ1) is 14.4. The number of carboxylic acids is 1. The van der Waals surface area contributed by atoms with Gasteiger partial charge in [0.1, 0.15) is 5.82 Å². The number of pyridine rings is 1. The van der Waals surface area contributed by atoms with E-state index in [0.717, 1.165) is 19.6 Å². The lowest BCUT2D eigenvalue weighted by Gasteiger charge is -2.23. The lowest BCUT2D eigenvalue weighted by molar-refractivity contribution is 0.0696. The lowest BCUT2D eigenvalue weighted by Crippen LogP contribution is -2.34. The number of hydrogen-bond donors (Lipinski definition) is 2. The number of nitrogens with one attached hydrogen (secondary N) is 1. The maximum atomic E-state index is 10.7. The lowest BCUT2D eigenvalue weighted by atomic mass is 10.2. The van der Waals surface area contributed by atoms with Crippen LogP contribution in [-0.2, 0) is 0 Å². The second-order valence-corrected chi connectivity index (χ2v) is 4.27. The third kappa shape index (κ3) is 4.33. The van der Waals surface area contributed by atoms with Crippen LogP contribution in [0, 0.1) is 0 Å². The third-order valence-corrected chi connectivity index (χ3v) is 2.83. The first-order chi connectivity index (χ1) is 8.56. The molecule has 1 heterocycles. The maximum absolute atomic E-state index is 10.7. The third-order valence-electron chi connectivity index (χ3n) is 2.83. The van der Waals surface area contributed by atoms with E-state index in [2.05, 4.69) is 36.0 Å². The summed E-state index contributed by atoms with van der Waals surface area (Å²) in [7, 11) is 0. The molecule has 0 radical (unpaired) electrons. The highest BCUT2D eigenvalue weighted by Crippen LogP contribution is 2.07. The smallest absolute Gasteiger partial charge is 0.337 e. The van der Waals surface area contributed by atoms with E-state index in [-0.39, 0.29) is 11.6 Å². The van der Waals surface area contributed by atoms with Gasteiger partial charge >= 0.3 is 5.97 Å². The van der Waals surface area contributed by atoms with Gasteiger partial charge in [-0.25, -0.2) is 9.78 Å². The average molecular weight is 251 g/mol. The second-order valence-electron chi connectivity index (χ2n) is 4.27. The number of likely N-dealkylation sites (N-methyl/N-ethyl adjacent to an activating group) is 1. The van der Waals surface area contributed by atoms with Gasteiger partial charge in [-0.05, 0) is 32.1 Å². The standard InChI is InChI=1S/C13H21N3O2/c1-4-16(5-2)9-10(3)15-12-7-6-11(8-14-12)13(17)18/h6-8,10H,4-5,9H2,1-3H3,(H,14,15)(H,17,18). The molecule has 5 nitrogen and oxygen atoms in total. The zero-order chi connectivity index (χ0) is 13.5. The van der Waals surface area contributed by atoms with Crippen molar-refractivity contribution in [2.45, 2.75) is 26.8 Å². The van der Waals surface area contributed by atoms with Crippen LogP contribution in [-0.4, -0.2) is 46.6 Å². The number of carbonyl (C=O) groups is 1. The molecule has 0 aliphatic rings. The highest BCUT2D eigenvalue weighted by atomic mass is 16.4. The number of anilines is 1. The minimum atomic E-state index is -0.953. The van der Waals surface area contributed by atoms with Crippen molar-refractivity contribution in [2.24, 2.45) is 0 Å². The number of rotatable bonds is 7. The van der Waals surface area contributed by atoms with Crippen LogP contribution in [0.2, 0.25) is 0 Å². The van der Waals surface area contributed by atoms with E-state index in [1.54, 1.807) is 12.1 Å². The van der Waals surface area contributed by atoms with Crippen LogP contribution in [0.3, 0.4) is 0 Å². The van der Waals surface area contributed by atoms with E-state index >= 15 is 0 Å². The van der Waals surface area contributed by atoms with Crippen LogP contribution >= 0.6 is 0 Å². The molecular weight excluding hydrogens is 230 g/mol. The van der Waals surface area contributed by atoms with E-state index in [1.165, 1.54) is 6.20 Å². The molecule has 0 spiro atoms. The van der Waals surface area contributed by atoms with Crippen molar-refractivity contribution >= 4 is 11.8 Å². The Kier molecular flexibility index (Phi) is 5.58. The minimum Gasteiger partial charge on any atom is -0.478 e. The summed E-state index contributed by atoms with van der Waals surface area (Å²) < 4.78 is 0. The van der Waals surface area contributed by atoms with Crippen molar-refractivity contribution in [3.8, 4) is 0 Å². The Morgan fingerprint density at radius 3 is 2.56 bits per heavy atom. The predicted octanol–water partition coefficient (Wildman–Crippen LogP) is 1.92. The Morgan fingerprint density at radius 1 is 1.44 bits per heavy atom.